The van der Waals surface area contributed by atoms with E-state index in [0.29, 0.717) is 11.0 Å². The lowest BCUT2D eigenvalue weighted by Gasteiger charge is -2.10. The number of nitrogens with zero attached hydrogens (tertiary/aromatic N) is 3. The molecule has 2 N–H and O–H groups in total. The highest BCUT2D eigenvalue weighted by molar-refractivity contribution is 7.10. The number of carbonyl (C=O) groups is 1. The number of aromatic amines is 1. The second kappa shape index (κ2) is 5.57. The first-order chi connectivity index (χ1) is 11.6. The third kappa shape index (κ3) is 2.28. The number of fused-ring (bicyclic) bond motifs is 3. The Morgan fingerprint density at radius 1 is 1.29 bits per heavy atom. The van der Waals surface area contributed by atoms with Gasteiger partial charge in [-0.05, 0) is 30.5 Å². The Hall–Kier alpha value is -3.00. The number of hydrogen-bond acceptors (Lipinski definition) is 5. The van der Waals surface area contributed by atoms with E-state index >= 15 is 0 Å². The van der Waals surface area contributed by atoms with Crippen LogP contribution < -0.4 is 10.9 Å². The average molecular weight is 339 g/mol. The summed E-state index contributed by atoms with van der Waals surface area (Å²) in [4.78, 5) is 28.7. The molecule has 0 radical (unpaired) electrons. The molecule has 8 heteroatoms. The summed E-state index contributed by atoms with van der Waals surface area (Å²) >= 11 is 1.56. The van der Waals surface area contributed by atoms with Crippen LogP contribution in [-0.4, -0.2) is 25.7 Å². The zero-order chi connectivity index (χ0) is 16.7. The van der Waals surface area contributed by atoms with Crippen molar-refractivity contribution < 1.29 is 4.79 Å². The Morgan fingerprint density at radius 2 is 2.12 bits per heavy atom. The van der Waals surface area contributed by atoms with E-state index in [9.17, 15) is 9.59 Å². The van der Waals surface area contributed by atoms with Crippen LogP contribution >= 0.6 is 11.3 Å². The summed E-state index contributed by atoms with van der Waals surface area (Å²) in [7, 11) is 0. The number of benzene rings is 1. The molecule has 0 aliphatic heterocycles. The standard InChI is InChI=1S/C16H13N5O2S/c1-9(12-7-4-8-24-12)17-15(22)13-14-16(23)18-10-5-2-3-6-11(10)21(14)20-19-13/h2-9H,1H3,(H,17,22)(H,18,23)/t9-/m1/s1. The van der Waals surface area contributed by atoms with Crippen molar-refractivity contribution in [2.45, 2.75) is 13.0 Å². The van der Waals surface area contributed by atoms with Crippen LogP contribution in [0.5, 0.6) is 0 Å². The predicted octanol–water partition coefficient (Wildman–Crippen LogP) is 2.12. The van der Waals surface area contributed by atoms with Crippen molar-refractivity contribution in [3.05, 3.63) is 62.7 Å². The molecule has 0 saturated heterocycles. The van der Waals surface area contributed by atoms with Crippen LogP contribution in [0.15, 0.2) is 46.6 Å². The van der Waals surface area contributed by atoms with Crippen LogP contribution in [0, 0.1) is 0 Å². The van der Waals surface area contributed by atoms with Gasteiger partial charge in [0.1, 0.15) is 0 Å². The van der Waals surface area contributed by atoms with Gasteiger partial charge in [-0.1, -0.05) is 23.4 Å². The highest BCUT2D eigenvalue weighted by Gasteiger charge is 2.21. The van der Waals surface area contributed by atoms with Crippen LogP contribution in [0.25, 0.3) is 16.6 Å². The van der Waals surface area contributed by atoms with Gasteiger partial charge in [0.2, 0.25) is 0 Å². The maximum atomic E-state index is 12.5. The minimum atomic E-state index is -0.424. The molecule has 1 atom stereocenters. The number of nitrogens with one attached hydrogen (secondary N) is 2. The van der Waals surface area contributed by atoms with E-state index in [0.717, 1.165) is 4.88 Å². The molecule has 4 rings (SSSR count). The van der Waals surface area contributed by atoms with Gasteiger partial charge in [-0.3, -0.25) is 9.59 Å². The second-order valence-electron chi connectivity index (χ2n) is 5.38. The van der Waals surface area contributed by atoms with Gasteiger partial charge in [0.25, 0.3) is 11.5 Å². The highest BCUT2D eigenvalue weighted by atomic mass is 32.1. The lowest BCUT2D eigenvalue weighted by molar-refractivity contribution is 0.0937. The van der Waals surface area contributed by atoms with E-state index < -0.39 is 11.5 Å². The number of thiophene rings is 1. The third-order valence-electron chi connectivity index (χ3n) is 3.80. The third-order valence-corrected chi connectivity index (χ3v) is 4.85. The normalized spacial score (nSPS) is 12.5. The molecule has 120 valence electrons. The van der Waals surface area contributed by atoms with Gasteiger partial charge in [-0.15, -0.1) is 16.4 Å². The Bertz CT molecular complexity index is 1100. The van der Waals surface area contributed by atoms with Crippen LogP contribution in [0.4, 0.5) is 0 Å². The minimum Gasteiger partial charge on any atom is -0.343 e. The first-order valence-electron chi connectivity index (χ1n) is 7.36. The average Bonchev–Trinajstić information content (AvgIpc) is 3.25. The lowest BCUT2D eigenvalue weighted by Crippen LogP contribution is -2.27. The summed E-state index contributed by atoms with van der Waals surface area (Å²) in [6, 6.07) is 10.9. The Morgan fingerprint density at radius 3 is 2.92 bits per heavy atom. The van der Waals surface area contributed by atoms with Crippen molar-refractivity contribution in [2.75, 3.05) is 0 Å². The fourth-order valence-corrected chi connectivity index (χ4v) is 3.36. The summed E-state index contributed by atoms with van der Waals surface area (Å²) in [5, 5.41) is 12.7. The Kier molecular flexibility index (Phi) is 3.39. The highest BCUT2D eigenvalue weighted by Crippen LogP contribution is 2.19. The SMILES string of the molecule is C[C@@H](NC(=O)c1nnn2c1c(=O)[nH]c1ccccc12)c1cccs1. The van der Waals surface area contributed by atoms with E-state index in [4.69, 9.17) is 0 Å². The summed E-state index contributed by atoms with van der Waals surface area (Å²) in [6.45, 7) is 1.88. The number of H-pyrrole nitrogens is 1. The van der Waals surface area contributed by atoms with E-state index in [-0.39, 0.29) is 17.3 Å². The molecule has 24 heavy (non-hydrogen) atoms. The molecular weight excluding hydrogens is 326 g/mol. The molecule has 0 unspecified atom stereocenters. The fourth-order valence-electron chi connectivity index (χ4n) is 2.63. The molecule has 4 aromatic rings. The summed E-state index contributed by atoms with van der Waals surface area (Å²) in [5.74, 6) is -0.424. The predicted molar refractivity (Wildman–Crippen MR) is 91.3 cm³/mol. The van der Waals surface area contributed by atoms with Gasteiger partial charge in [0.05, 0.1) is 17.1 Å². The molecule has 1 amide bonds. The van der Waals surface area contributed by atoms with Crippen molar-refractivity contribution in [1.82, 2.24) is 25.1 Å². The molecule has 0 saturated carbocycles. The number of hydrogen-bond donors (Lipinski definition) is 2. The van der Waals surface area contributed by atoms with Crippen LogP contribution in [0.3, 0.4) is 0 Å². The summed E-state index contributed by atoms with van der Waals surface area (Å²) in [5.41, 5.74) is 1.09. The van der Waals surface area contributed by atoms with E-state index in [2.05, 4.69) is 20.6 Å². The zero-order valence-electron chi connectivity index (χ0n) is 12.7. The molecule has 7 nitrogen and oxygen atoms in total. The number of amides is 1. The Labute approximate surface area is 139 Å². The quantitative estimate of drug-likeness (QED) is 0.598. The molecule has 0 fully saturated rings. The smallest absolute Gasteiger partial charge is 0.277 e. The molecule has 3 heterocycles. The van der Waals surface area contributed by atoms with Crippen LogP contribution in [0.1, 0.15) is 28.3 Å². The summed E-state index contributed by atoms with van der Waals surface area (Å²) < 4.78 is 1.40. The minimum absolute atomic E-state index is 0.0189. The molecule has 0 aliphatic rings. The first-order valence-corrected chi connectivity index (χ1v) is 8.24. The zero-order valence-corrected chi connectivity index (χ0v) is 13.5. The molecule has 0 spiro atoms. The van der Waals surface area contributed by atoms with Crippen molar-refractivity contribution in [3.63, 3.8) is 0 Å². The monoisotopic (exact) mass is 339 g/mol. The molecule has 3 aromatic heterocycles. The number of carbonyl (C=O) groups excluding carboxylic acids is 1. The van der Waals surface area contributed by atoms with Crippen molar-refractivity contribution >= 4 is 33.8 Å². The van der Waals surface area contributed by atoms with E-state index in [1.165, 1.54) is 4.52 Å². The van der Waals surface area contributed by atoms with Crippen molar-refractivity contribution in [3.8, 4) is 0 Å². The maximum absolute atomic E-state index is 12.5. The lowest BCUT2D eigenvalue weighted by atomic mass is 10.2. The first kappa shape index (κ1) is 14.6. The number of aromatic nitrogens is 4. The van der Waals surface area contributed by atoms with Gasteiger partial charge < -0.3 is 10.3 Å². The molecule has 1 aromatic carbocycles. The second-order valence-corrected chi connectivity index (χ2v) is 6.36. The van der Waals surface area contributed by atoms with Gasteiger partial charge >= 0.3 is 0 Å². The maximum Gasteiger partial charge on any atom is 0.277 e. The number of para-hydroxylation sites is 2. The van der Waals surface area contributed by atoms with E-state index in [1.54, 1.807) is 17.4 Å². The van der Waals surface area contributed by atoms with Gasteiger partial charge in [0, 0.05) is 4.88 Å². The fraction of sp³-hybridized carbons (Fsp3) is 0.125. The van der Waals surface area contributed by atoms with Gasteiger partial charge in [-0.2, -0.15) is 0 Å². The molecular formula is C16H13N5O2S. The molecule has 0 aliphatic carbocycles. The van der Waals surface area contributed by atoms with E-state index in [1.807, 2.05) is 42.6 Å². The topological polar surface area (TPSA) is 92.2 Å². The Balaban J connectivity index is 1.78. The molecule has 0 bridgehead atoms. The van der Waals surface area contributed by atoms with Gasteiger partial charge in [-0.25, -0.2) is 4.52 Å². The summed E-state index contributed by atoms with van der Waals surface area (Å²) in [6.07, 6.45) is 0. The van der Waals surface area contributed by atoms with Crippen molar-refractivity contribution in [1.29, 1.82) is 0 Å². The van der Waals surface area contributed by atoms with Gasteiger partial charge in [0.15, 0.2) is 11.2 Å². The largest absolute Gasteiger partial charge is 0.343 e. The number of rotatable bonds is 3. The van der Waals surface area contributed by atoms with Crippen molar-refractivity contribution in [2.24, 2.45) is 0 Å². The van der Waals surface area contributed by atoms with Crippen LogP contribution in [-0.2, 0) is 0 Å². The van der Waals surface area contributed by atoms with Crippen LogP contribution in [0.2, 0.25) is 0 Å².